The summed E-state index contributed by atoms with van der Waals surface area (Å²) in [5, 5.41) is 9.36. The van der Waals surface area contributed by atoms with Crippen molar-refractivity contribution in [2.24, 2.45) is 0 Å². The minimum absolute atomic E-state index is 0.0776. The van der Waals surface area contributed by atoms with Gasteiger partial charge in [-0.25, -0.2) is 19.6 Å². The molecule has 1 unspecified atom stereocenters. The zero-order valence-electron chi connectivity index (χ0n) is 17.7. The molecule has 0 radical (unpaired) electrons. The van der Waals surface area contributed by atoms with E-state index in [2.05, 4.69) is 14.9 Å². The van der Waals surface area contributed by atoms with Gasteiger partial charge in [-0.15, -0.1) is 0 Å². The Kier molecular flexibility index (Phi) is 6.56. The van der Waals surface area contributed by atoms with Crippen LogP contribution in [0.1, 0.15) is 32.0 Å². The molecule has 30 heavy (non-hydrogen) atoms. The standard InChI is InChI=1S/C19H28ClN5O5/c1-19(2,3)30-18(28)25-8-7-23(9-12(25)11-29-4)15-13-5-6-24(17(26)27)10-14(13)21-16(20)22-15/h12H,5-11H2,1-4H3,(H,26,27). The van der Waals surface area contributed by atoms with Gasteiger partial charge >= 0.3 is 12.2 Å². The zero-order chi connectivity index (χ0) is 22.1. The summed E-state index contributed by atoms with van der Waals surface area (Å²) in [7, 11) is 1.59. The second-order valence-electron chi connectivity index (χ2n) is 8.42. The number of ether oxygens (including phenoxy) is 2. The van der Waals surface area contributed by atoms with Crippen molar-refractivity contribution in [2.45, 2.75) is 45.4 Å². The average molecular weight is 442 g/mol. The highest BCUT2D eigenvalue weighted by atomic mass is 35.5. The Bertz CT molecular complexity index is 815. The quantitative estimate of drug-likeness (QED) is 0.711. The number of aromatic nitrogens is 2. The molecular weight excluding hydrogens is 414 g/mol. The van der Waals surface area contributed by atoms with E-state index >= 15 is 0 Å². The van der Waals surface area contributed by atoms with Gasteiger partial charge in [0, 0.05) is 38.9 Å². The third-order valence-electron chi connectivity index (χ3n) is 5.06. The van der Waals surface area contributed by atoms with E-state index in [1.807, 2.05) is 20.8 Å². The molecule has 1 atom stereocenters. The van der Waals surface area contributed by atoms with Gasteiger partial charge in [0.05, 0.1) is 24.9 Å². The lowest BCUT2D eigenvalue weighted by Gasteiger charge is -2.42. The van der Waals surface area contributed by atoms with Crippen LogP contribution in [0.4, 0.5) is 15.4 Å². The number of fused-ring (bicyclic) bond motifs is 1. The van der Waals surface area contributed by atoms with Gasteiger partial charge < -0.3 is 24.4 Å². The lowest BCUT2D eigenvalue weighted by Crippen LogP contribution is -2.58. The largest absolute Gasteiger partial charge is 0.465 e. The van der Waals surface area contributed by atoms with E-state index in [0.29, 0.717) is 50.7 Å². The first-order chi connectivity index (χ1) is 14.1. The van der Waals surface area contributed by atoms with Crippen molar-refractivity contribution >= 4 is 29.6 Å². The molecule has 11 heteroatoms. The normalized spacial score (nSPS) is 19.5. The molecule has 0 spiro atoms. The van der Waals surface area contributed by atoms with Crippen LogP contribution in [0.25, 0.3) is 0 Å². The smallest absolute Gasteiger partial charge is 0.410 e. The maximum absolute atomic E-state index is 12.7. The number of halogens is 1. The SMILES string of the molecule is COCC1CN(c2nc(Cl)nc3c2CCN(C(=O)O)C3)CCN1C(=O)OC(C)(C)C. The first kappa shape index (κ1) is 22.4. The van der Waals surface area contributed by atoms with Crippen LogP contribution in [0.3, 0.4) is 0 Å². The lowest BCUT2D eigenvalue weighted by molar-refractivity contribution is 0.00336. The number of methoxy groups -OCH3 is 1. The highest BCUT2D eigenvalue weighted by Gasteiger charge is 2.35. The van der Waals surface area contributed by atoms with Crippen LogP contribution < -0.4 is 4.90 Å². The van der Waals surface area contributed by atoms with Crippen LogP contribution in [-0.4, -0.2) is 88.6 Å². The van der Waals surface area contributed by atoms with E-state index in [-0.39, 0.29) is 24.0 Å². The Morgan fingerprint density at radius 3 is 2.60 bits per heavy atom. The van der Waals surface area contributed by atoms with Crippen LogP contribution in [0.5, 0.6) is 0 Å². The Hall–Kier alpha value is -2.33. The van der Waals surface area contributed by atoms with Crippen molar-refractivity contribution in [1.82, 2.24) is 19.8 Å². The molecule has 1 N–H and O–H groups in total. The fourth-order valence-electron chi connectivity index (χ4n) is 3.75. The summed E-state index contributed by atoms with van der Waals surface area (Å²) in [6.45, 7) is 7.90. The summed E-state index contributed by atoms with van der Waals surface area (Å²) in [5.41, 5.74) is 0.941. The van der Waals surface area contributed by atoms with E-state index in [9.17, 15) is 14.7 Å². The Morgan fingerprint density at radius 2 is 1.97 bits per heavy atom. The fraction of sp³-hybridized carbons (Fsp3) is 0.684. The minimum atomic E-state index is -0.983. The summed E-state index contributed by atoms with van der Waals surface area (Å²) in [5.74, 6) is 0.694. The van der Waals surface area contributed by atoms with Gasteiger partial charge in [-0.3, -0.25) is 4.90 Å². The number of carbonyl (C=O) groups is 2. The van der Waals surface area contributed by atoms with E-state index in [0.717, 1.165) is 5.56 Å². The highest BCUT2D eigenvalue weighted by molar-refractivity contribution is 6.28. The fourth-order valence-corrected chi connectivity index (χ4v) is 3.93. The molecule has 2 aliphatic rings. The first-order valence-electron chi connectivity index (χ1n) is 9.85. The van der Waals surface area contributed by atoms with Gasteiger partial charge in [0.1, 0.15) is 11.4 Å². The van der Waals surface area contributed by atoms with Gasteiger partial charge in [0.25, 0.3) is 0 Å². The summed E-state index contributed by atoms with van der Waals surface area (Å²) in [6.07, 6.45) is -0.845. The van der Waals surface area contributed by atoms with Crippen LogP contribution >= 0.6 is 11.6 Å². The number of rotatable bonds is 3. The number of piperazine rings is 1. The molecule has 0 bridgehead atoms. The van der Waals surface area contributed by atoms with Crippen molar-refractivity contribution in [2.75, 3.05) is 44.8 Å². The number of hydrogen-bond acceptors (Lipinski definition) is 7. The second-order valence-corrected chi connectivity index (χ2v) is 8.76. The van der Waals surface area contributed by atoms with E-state index in [1.54, 1.807) is 12.0 Å². The molecule has 1 aromatic heterocycles. The molecule has 3 heterocycles. The van der Waals surface area contributed by atoms with Crippen LogP contribution in [-0.2, 0) is 22.4 Å². The van der Waals surface area contributed by atoms with Crippen molar-refractivity contribution in [1.29, 1.82) is 0 Å². The Balaban J connectivity index is 1.83. The molecule has 2 aliphatic heterocycles. The summed E-state index contributed by atoms with van der Waals surface area (Å²) in [4.78, 5) is 37.7. The second kappa shape index (κ2) is 8.81. The molecule has 0 saturated carbocycles. The summed E-state index contributed by atoms with van der Waals surface area (Å²) < 4.78 is 10.9. The summed E-state index contributed by atoms with van der Waals surface area (Å²) >= 11 is 6.15. The van der Waals surface area contributed by atoms with Gasteiger partial charge in [-0.2, -0.15) is 0 Å². The molecule has 0 aliphatic carbocycles. The molecule has 3 rings (SSSR count). The van der Waals surface area contributed by atoms with Crippen LogP contribution in [0.15, 0.2) is 0 Å². The average Bonchev–Trinajstić information content (AvgIpc) is 2.65. The number of carboxylic acid groups (broad SMARTS) is 1. The Morgan fingerprint density at radius 1 is 1.23 bits per heavy atom. The van der Waals surface area contributed by atoms with Crippen LogP contribution in [0.2, 0.25) is 5.28 Å². The first-order valence-corrected chi connectivity index (χ1v) is 10.2. The van der Waals surface area contributed by atoms with Gasteiger partial charge in [-0.05, 0) is 38.8 Å². The topological polar surface area (TPSA) is 108 Å². The van der Waals surface area contributed by atoms with E-state index in [1.165, 1.54) is 4.90 Å². The number of carbonyl (C=O) groups excluding carboxylic acids is 1. The van der Waals surface area contributed by atoms with Gasteiger partial charge in [-0.1, -0.05) is 0 Å². The minimum Gasteiger partial charge on any atom is -0.465 e. The van der Waals surface area contributed by atoms with Crippen LogP contribution in [0, 0.1) is 0 Å². The van der Waals surface area contributed by atoms with Crippen molar-refractivity contribution in [3.05, 3.63) is 16.5 Å². The van der Waals surface area contributed by atoms with Crippen molar-refractivity contribution in [3.63, 3.8) is 0 Å². The van der Waals surface area contributed by atoms with Gasteiger partial charge in [0.2, 0.25) is 5.28 Å². The predicted octanol–water partition coefficient (Wildman–Crippen LogP) is 2.24. The number of nitrogens with zero attached hydrogens (tertiary/aromatic N) is 5. The third kappa shape index (κ3) is 5.04. The van der Waals surface area contributed by atoms with Crippen molar-refractivity contribution < 1.29 is 24.2 Å². The van der Waals surface area contributed by atoms with Crippen molar-refractivity contribution in [3.8, 4) is 0 Å². The molecule has 1 saturated heterocycles. The van der Waals surface area contributed by atoms with Gasteiger partial charge in [0.15, 0.2) is 0 Å². The van der Waals surface area contributed by atoms with E-state index < -0.39 is 11.7 Å². The lowest BCUT2D eigenvalue weighted by atomic mass is 10.0. The predicted molar refractivity (Wildman–Crippen MR) is 110 cm³/mol. The molecular formula is C19H28ClN5O5. The zero-order valence-corrected chi connectivity index (χ0v) is 18.5. The molecule has 0 aromatic carbocycles. The maximum Gasteiger partial charge on any atom is 0.410 e. The third-order valence-corrected chi connectivity index (χ3v) is 5.22. The molecule has 10 nitrogen and oxygen atoms in total. The molecule has 2 amide bonds. The van der Waals surface area contributed by atoms with E-state index in [4.69, 9.17) is 21.1 Å². The number of amides is 2. The number of hydrogen-bond donors (Lipinski definition) is 1. The molecule has 1 fully saturated rings. The molecule has 166 valence electrons. The maximum atomic E-state index is 12.7. The molecule has 1 aromatic rings. The number of anilines is 1. The summed E-state index contributed by atoms with van der Waals surface area (Å²) in [6, 6.07) is -0.220. The highest BCUT2D eigenvalue weighted by Crippen LogP contribution is 2.30. The Labute approximate surface area is 180 Å². The monoisotopic (exact) mass is 441 g/mol.